The van der Waals surface area contributed by atoms with E-state index >= 15 is 0 Å². The van der Waals surface area contributed by atoms with Gasteiger partial charge in [0.25, 0.3) is 0 Å². The molecule has 0 spiro atoms. The molecule has 3 heterocycles. The zero-order valence-corrected chi connectivity index (χ0v) is 16.7. The topological polar surface area (TPSA) is 86.5 Å². The lowest BCUT2D eigenvalue weighted by Crippen LogP contribution is -2.34. The van der Waals surface area contributed by atoms with E-state index in [-0.39, 0.29) is 0 Å². The molecule has 7 nitrogen and oxygen atoms in total. The van der Waals surface area contributed by atoms with Crippen LogP contribution in [-0.2, 0) is 25.6 Å². The van der Waals surface area contributed by atoms with Crippen LogP contribution in [0, 0.1) is 11.3 Å². The summed E-state index contributed by atoms with van der Waals surface area (Å²) < 4.78 is 24.3. The van der Waals surface area contributed by atoms with Crippen molar-refractivity contribution in [2.24, 2.45) is 0 Å². The lowest BCUT2D eigenvalue weighted by atomic mass is 10.0. The van der Waals surface area contributed by atoms with E-state index < -0.39 is 30.4 Å². The highest BCUT2D eigenvalue weighted by Crippen LogP contribution is 2.45. The quantitative estimate of drug-likeness (QED) is 0.560. The molecule has 2 aliphatic heterocycles. The third-order valence-electron chi connectivity index (χ3n) is 4.64. The maximum atomic E-state index is 9.53. The van der Waals surface area contributed by atoms with Gasteiger partial charge in [-0.05, 0) is 25.7 Å². The van der Waals surface area contributed by atoms with Crippen molar-refractivity contribution >= 4 is 11.8 Å². The number of thioether (sulfide) groups is 1. The first-order chi connectivity index (χ1) is 13.5. The molecule has 0 saturated carbocycles. The van der Waals surface area contributed by atoms with Crippen molar-refractivity contribution in [2.75, 3.05) is 6.26 Å². The van der Waals surface area contributed by atoms with Crippen molar-refractivity contribution in [3.8, 4) is 6.07 Å². The number of ether oxygens (including phenoxy) is 4. The predicted molar refractivity (Wildman–Crippen MR) is 101 cm³/mol. The smallest absolute Gasteiger partial charge is 0.190 e. The number of fused-ring (bicyclic) bond motifs is 1. The van der Waals surface area contributed by atoms with Crippen LogP contribution in [0.2, 0.25) is 0 Å². The maximum Gasteiger partial charge on any atom is 0.190 e. The van der Waals surface area contributed by atoms with E-state index in [9.17, 15) is 5.26 Å². The van der Waals surface area contributed by atoms with Gasteiger partial charge in [0.1, 0.15) is 24.4 Å². The first-order valence-corrected chi connectivity index (χ1v) is 10.2. The molecule has 2 aromatic rings. The monoisotopic (exact) mass is 399 g/mol. The number of aromatic nitrogens is 2. The summed E-state index contributed by atoms with van der Waals surface area (Å²) in [6.07, 6.45) is 1.35. The summed E-state index contributed by atoms with van der Waals surface area (Å²) in [7, 11) is 0. The number of hydrogen-bond acceptors (Lipinski definition) is 8. The minimum Gasteiger partial charge on any atom is -0.367 e. The standard InChI is InChI=1S/C20H21N3O4S/c1-20(2)26-17-16(24-11-12-7-5-4-6-8-12)15(25-18(17)27-20)14-13(9-21)10-22-19(23-14)28-3/h4-8,10,15-18H,11H2,1-3H3/t15-,16+,17-,18-/m1/s1. The van der Waals surface area contributed by atoms with E-state index in [4.69, 9.17) is 18.9 Å². The van der Waals surface area contributed by atoms with Crippen LogP contribution in [0.15, 0.2) is 41.7 Å². The predicted octanol–water partition coefficient (Wildman–Crippen LogP) is 3.20. The zero-order valence-electron chi connectivity index (χ0n) is 15.9. The summed E-state index contributed by atoms with van der Waals surface area (Å²) in [6, 6.07) is 12.0. The van der Waals surface area contributed by atoms with Crippen molar-refractivity contribution in [1.82, 2.24) is 9.97 Å². The molecular weight excluding hydrogens is 378 g/mol. The molecule has 8 heteroatoms. The molecule has 2 aliphatic rings. The van der Waals surface area contributed by atoms with Gasteiger partial charge in [0.15, 0.2) is 17.2 Å². The fourth-order valence-corrected chi connectivity index (χ4v) is 3.78. The van der Waals surface area contributed by atoms with Crippen molar-refractivity contribution in [3.05, 3.63) is 53.3 Å². The highest BCUT2D eigenvalue weighted by atomic mass is 32.2. The first-order valence-electron chi connectivity index (χ1n) is 8.98. The number of nitrogens with zero attached hydrogens (tertiary/aromatic N) is 3. The van der Waals surface area contributed by atoms with E-state index in [1.807, 2.05) is 50.4 Å². The normalized spacial score (nSPS) is 28.1. The molecule has 0 aliphatic carbocycles. The van der Waals surface area contributed by atoms with Crippen LogP contribution in [0.5, 0.6) is 0 Å². The SMILES string of the molecule is CSc1ncc(C#N)c([C@H]2O[C@@H]3OC(C)(C)O[C@@H]3[C@H]2OCc2ccccc2)n1. The van der Waals surface area contributed by atoms with E-state index in [0.29, 0.717) is 23.0 Å². The molecule has 1 aromatic carbocycles. The van der Waals surface area contributed by atoms with Crippen LogP contribution in [0.1, 0.15) is 36.8 Å². The van der Waals surface area contributed by atoms with Gasteiger partial charge in [-0.25, -0.2) is 9.97 Å². The van der Waals surface area contributed by atoms with Gasteiger partial charge in [-0.15, -0.1) is 0 Å². The van der Waals surface area contributed by atoms with E-state index in [1.54, 1.807) is 0 Å². The third kappa shape index (κ3) is 3.77. The number of rotatable bonds is 5. The zero-order chi connectivity index (χ0) is 19.7. The minimum atomic E-state index is -0.761. The summed E-state index contributed by atoms with van der Waals surface area (Å²) in [5.74, 6) is -0.761. The number of benzene rings is 1. The Morgan fingerprint density at radius 2 is 2.04 bits per heavy atom. The molecule has 0 N–H and O–H groups in total. The highest BCUT2D eigenvalue weighted by Gasteiger charge is 2.56. The summed E-state index contributed by atoms with van der Waals surface area (Å²) in [5, 5.41) is 10.1. The fourth-order valence-electron chi connectivity index (χ4n) is 3.43. The van der Waals surface area contributed by atoms with E-state index in [0.717, 1.165) is 5.56 Å². The number of nitriles is 1. The van der Waals surface area contributed by atoms with Gasteiger partial charge in [0, 0.05) is 6.20 Å². The molecule has 4 rings (SSSR count). The largest absolute Gasteiger partial charge is 0.367 e. The van der Waals surface area contributed by atoms with Gasteiger partial charge in [-0.3, -0.25) is 0 Å². The van der Waals surface area contributed by atoms with Crippen LogP contribution in [-0.4, -0.2) is 40.5 Å². The summed E-state index contributed by atoms with van der Waals surface area (Å²) in [4.78, 5) is 8.71. The maximum absolute atomic E-state index is 9.53. The molecule has 2 saturated heterocycles. The molecule has 0 amide bonds. The highest BCUT2D eigenvalue weighted by molar-refractivity contribution is 7.98. The second kappa shape index (κ2) is 7.78. The Morgan fingerprint density at radius 1 is 1.25 bits per heavy atom. The van der Waals surface area contributed by atoms with Crippen molar-refractivity contribution in [3.63, 3.8) is 0 Å². The average molecular weight is 399 g/mol. The Balaban J connectivity index is 1.65. The Morgan fingerprint density at radius 3 is 2.75 bits per heavy atom. The van der Waals surface area contributed by atoms with Gasteiger partial charge >= 0.3 is 0 Å². The lowest BCUT2D eigenvalue weighted by Gasteiger charge is -2.26. The molecule has 2 fully saturated rings. The second-order valence-corrected chi connectivity index (χ2v) is 7.83. The summed E-state index contributed by atoms with van der Waals surface area (Å²) in [6.45, 7) is 4.07. The summed E-state index contributed by atoms with van der Waals surface area (Å²) >= 11 is 1.40. The van der Waals surface area contributed by atoms with Gasteiger partial charge in [-0.2, -0.15) is 5.26 Å². The molecule has 146 valence electrons. The van der Waals surface area contributed by atoms with Crippen molar-refractivity contribution in [2.45, 2.75) is 56.0 Å². The second-order valence-electron chi connectivity index (χ2n) is 7.05. The van der Waals surface area contributed by atoms with Crippen LogP contribution in [0.4, 0.5) is 0 Å². The minimum absolute atomic E-state index is 0.357. The third-order valence-corrected chi connectivity index (χ3v) is 5.21. The van der Waals surface area contributed by atoms with Gasteiger partial charge in [0.05, 0.1) is 17.9 Å². The van der Waals surface area contributed by atoms with Gasteiger partial charge in [0.2, 0.25) is 0 Å². The molecule has 0 radical (unpaired) electrons. The Hall–Kier alpha value is -2.02. The van der Waals surface area contributed by atoms with Crippen LogP contribution < -0.4 is 0 Å². The molecule has 1 aromatic heterocycles. The van der Waals surface area contributed by atoms with E-state index in [1.165, 1.54) is 18.0 Å². The molecule has 0 unspecified atom stereocenters. The molecule has 4 atom stereocenters. The van der Waals surface area contributed by atoms with Crippen molar-refractivity contribution < 1.29 is 18.9 Å². The lowest BCUT2D eigenvalue weighted by molar-refractivity contribution is -0.221. The molecule has 0 bridgehead atoms. The van der Waals surface area contributed by atoms with Gasteiger partial charge < -0.3 is 18.9 Å². The Labute approximate surface area is 168 Å². The molecular formula is C20H21N3O4S. The van der Waals surface area contributed by atoms with Crippen LogP contribution in [0.3, 0.4) is 0 Å². The van der Waals surface area contributed by atoms with E-state index in [2.05, 4.69) is 16.0 Å². The van der Waals surface area contributed by atoms with Crippen LogP contribution >= 0.6 is 11.8 Å². The number of hydrogen-bond donors (Lipinski definition) is 0. The fraction of sp³-hybridized carbons (Fsp3) is 0.450. The van der Waals surface area contributed by atoms with Gasteiger partial charge in [-0.1, -0.05) is 42.1 Å². The Bertz CT molecular complexity index is 887. The van der Waals surface area contributed by atoms with Crippen molar-refractivity contribution in [1.29, 1.82) is 5.26 Å². The Kier molecular flexibility index (Phi) is 5.36. The average Bonchev–Trinajstić information content (AvgIpc) is 3.18. The first kappa shape index (κ1) is 19.3. The summed E-state index contributed by atoms with van der Waals surface area (Å²) in [5.41, 5.74) is 1.89. The van der Waals surface area contributed by atoms with Crippen LogP contribution in [0.25, 0.3) is 0 Å². The molecule has 28 heavy (non-hydrogen) atoms.